The quantitative estimate of drug-likeness (QED) is 0.675. The SMILES string of the molecule is CC(C)S(=O)(=O)N1CC(NC(=O)c2ccc(-n3ccccc3=O)cc2)CC1C(N)=O. The Morgan fingerprint density at radius 3 is 2.37 bits per heavy atom. The van der Waals surface area contributed by atoms with Crippen LogP contribution >= 0.6 is 0 Å². The Labute approximate surface area is 174 Å². The fraction of sp³-hybridized carbons (Fsp3) is 0.350. The maximum Gasteiger partial charge on any atom is 0.255 e. The lowest BCUT2D eigenvalue weighted by molar-refractivity contribution is -0.121. The molecule has 10 heteroatoms. The summed E-state index contributed by atoms with van der Waals surface area (Å²) in [5.41, 5.74) is 6.16. The average molecular weight is 433 g/mol. The summed E-state index contributed by atoms with van der Waals surface area (Å²) >= 11 is 0. The Hall–Kier alpha value is -2.98. The first-order chi connectivity index (χ1) is 14.1. The van der Waals surface area contributed by atoms with Crippen LogP contribution in [0.15, 0.2) is 53.5 Å². The topological polar surface area (TPSA) is 132 Å². The van der Waals surface area contributed by atoms with Gasteiger partial charge in [0.15, 0.2) is 0 Å². The minimum atomic E-state index is -3.70. The van der Waals surface area contributed by atoms with Gasteiger partial charge in [0.2, 0.25) is 15.9 Å². The fourth-order valence-electron chi connectivity index (χ4n) is 3.40. The predicted octanol–water partition coefficient (Wildman–Crippen LogP) is 0.234. The van der Waals surface area contributed by atoms with Crippen molar-refractivity contribution in [2.75, 3.05) is 6.54 Å². The van der Waals surface area contributed by atoms with Gasteiger partial charge in [-0.25, -0.2) is 8.42 Å². The van der Waals surface area contributed by atoms with Gasteiger partial charge in [0.05, 0.1) is 5.25 Å². The van der Waals surface area contributed by atoms with E-state index in [0.29, 0.717) is 11.3 Å². The highest BCUT2D eigenvalue weighted by Crippen LogP contribution is 2.24. The number of pyridine rings is 1. The van der Waals surface area contributed by atoms with Gasteiger partial charge in [-0.15, -0.1) is 0 Å². The molecule has 0 aliphatic carbocycles. The van der Waals surface area contributed by atoms with E-state index in [1.54, 1.807) is 42.6 Å². The first kappa shape index (κ1) is 21.7. The second-order valence-electron chi connectivity index (χ2n) is 7.44. The number of primary amides is 1. The van der Waals surface area contributed by atoms with Gasteiger partial charge in [-0.2, -0.15) is 4.31 Å². The smallest absolute Gasteiger partial charge is 0.255 e. The lowest BCUT2D eigenvalue weighted by atomic mass is 10.1. The lowest BCUT2D eigenvalue weighted by Crippen LogP contribution is -2.46. The normalized spacial score (nSPS) is 19.7. The summed E-state index contributed by atoms with van der Waals surface area (Å²) in [5.74, 6) is -1.15. The van der Waals surface area contributed by atoms with Gasteiger partial charge in [-0.3, -0.25) is 19.0 Å². The zero-order valence-electron chi connectivity index (χ0n) is 16.7. The largest absolute Gasteiger partial charge is 0.368 e. The molecule has 1 fully saturated rings. The Balaban J connectivity index is 1.74. The molecule has 160 valence electrons. The predicted molar refractivity (Wildman–Crippen MR) is 112 cm³/mol. The number of carbonyl (C=O) groups is 2. The molecule has 3 rings (SSSR count). The number of hydrogen-bond donors (Lipinski definition) is 2. The van der Waals surface area contributed by atoms with Gasteiger partial charge in [0.1, 0.15) is 6.04 Å². The standard InChI is InChI=1S/C20H24N4O5S/c1-13(2)30(28,29)24-12-15(11-17(24)19(21)26)22-20(27)14-6-8-16(9-7-14)23-10-4-3-5-18(23)25/h3-10,13,15,17H,11-12H2,1-2H3,(H2,21,26)(H,22,27). The summed E-state index contributed by atoms with van der Waals surface area (Å²) in [6.45, 7) is 3.04. The number of nitrogens with zero attached hydrogens (tertiary/aromatic N) is 2. The van der Waals surface area contributed by atoms with Crippen molar-refractivity contribution in [1.82, 2.24) is 14.2 Å². The van der Waals surface area contributed by atoms with Crippen molar-refractivity contribution in [3.8, 4) is 5.69 Å². The summed E-state index contributed by atoms with van der Waals surface area (Å²) < 4.78 is 27.6. The summed E-state index contributed by atoms with van der Waals surface area (Å²) in [6, 6.07) is 9.72. The second kappa shape index (κ2) is 8.41. The molecule has 2 unspecified atom stereocenters. The van der Waals surface area contributed by atoms with Crippen molar-refractivity contribution in [3.63, 3.8) is 0 Å². The molecule has 9 nitrogen and oxygen atoms in total. The van der Waals surface area contributed by atoms with Crippen LogP contribution in [0.1, 0.15) is 30.6 Å². The summed E-state index contributed by atoms with van der Waals surface area (Å²) in [6.07, 6.45) is 1.74. The van der Waals surface area contributed by atoms with E-state index in [2.05, 4.69) is 5.32 Å². The lowest BCUT2D eigenvalue weighted by Gasteiger charge is -2.23. The van der Waals surface area contributed by atoms with Crippen LogP contribution in [0.4, 0.5) is 0 Å². The maximum atomic E-state index is 12.6. The molecule has 1 aromatic carbocycles. The third-order valence-electron chi connectivity index (χ3n) is 5.07. The molecule has 0 radical (unpaired) electrons. The van der Waals surface area contributed by atoms with E-state index in [-0.39, 0.29) is 18.5 Å². The molecule has 0 saturated carbocycles. The van der Waals surface area contributed by atoms with E-state index < -0.39 is 39.2 Å². The molecule has 3 N–H and O–H groups in total. The number of nitrogens with one attached hydrogen (secondary N) is 1. The molecule has 2 atom stereocenters. The molecule has 0 spiro atoms. The van der Waals surface area contributed by atoms with Gasteiger partial charge < -0.3 is 11.1 Å². The molecule has 1 aliphatic rings. The zero-order valence-corrected chi connectivity index (χ0v) is 17.5. The molecule has 0 bridgehead atoms. The number of sulfonamides is 1. The molecule has 1 aliphatic heterocycles. The fourth-order valence-corrected chi connectivity index (χ4v) is 4.88. The number of benzene rings is 1. The summed E-state index contributed by atoms with van der Waals surface area (Å²) in [7, 11) is -3.70. The van der Waals surface area contributed by atoms with Crippen LogP contribution in [-0.4, -0.2) is 53.0 Å². The molecular weight excluding hydrogens is 408 g/mol. The molecule has 1 saturated heterocycles. The first-order valence-corrected chi connectivity index (χ1v) is 11.0. The molecule has 1 aromatic heterocycles. The third kappa shape index (κ3) is 4.29. The number of aromatic nitrogens is 1. The van der Waals surface area contributed by atoms with Crippen LogP contribution in [0.2, 0.25) is 0 Å². The van der Waals surface area contributed by atoms with Crippen molar-refractivity contribution >= 4 is 21.8 Å². The van der Waals surface area contributed by atoms with Crippen LogP contribution in [0, 0.1) is 0 Å². The van der Waals surface area contributed by atoms with Gasteiger partial charge in [-0.05, 0) is 50.6 Å². The van der Waals surface area contributed by atoms with Gasteiger partial charge in [0, 0.05) is 36.1 Å². The van der Waals surface area contributed by atoms with E-state index in [4.69, 9.17) is 5.73 Å². The number of carbonyl (C=O) groups excluding carboxylic acids is 2. The van der Waals surface area contributed by atoms with E-state index in [0.717, 1.165) is 4.31 Å². The number of rotatable bonds is 6. The Morgan fingerprint density at radius 2 is 1.80 bits per heavy atom. The average Bonchev–Trinajstić information content (AvgIpc) is 3.13. The monoisotopic (exact) mass is 432 g/mol. The van der Waals surface area contributed by atoms with Gasteiger partial charge in [-0.1, -0.05) is 6.07 Å². The zero-order chi connectivity index (χ0) is 22.1. The van der Waals surface area contributed by atoms with E-state index in [1.165, 1.54) is 24.5 Å². The highest BCUT2D eigenvalue weighted by Gasteiger charge is 2.43. The Kier molecular flexibility index (Phi) is 6.09. The van der Waals surface area contributed by atoms with Crippen molar-refractivity contribution in [1.29, 1.82) is 0 Å². The van der Waals surface area contributed by atoms with E-state index in [9.17, 15) is 22.8 Å². The number of hydrogen-bond acceptors (Lipinski definition) is 5. The molecule has 2 amide bonds. The minimum absolute atomic E-state index is 0.0165. The number of nitrogens with two attached hydrogens (primary N) is 1. The highest BCUT2D eigenvalue weighted by atomic mass is 32.2. The summed E-state index contributed by atoms with van der Waals surface area (Å²) in [5, 5.41) is 2.06. The van der Waals surface area contributed by atoms with Crippen LogP contribution in [-0.2, 0) is 14.8 Å². The van der Waals surface area contributed by atoms with Crippen molar-refractivity contribution in [3.05, 3.63) is 64.6 Å². The maximum absolute atomic E-state index is 12.6. The van der Waals surface area contributed by atoms with Crippen LogP contribution in [0.25, 0.3) is 5.69 Å². The Bertz CT molecular complexity index is 1110. The third-order valence-corrected chi connectivity index (χ3v) is 7.32. The van der Waals surface area contributed by atoms with E-state index in [1.807, 2.05) is 0 Å². The highest BCUT2D eigenvalue weighted by molar-refractivity contribution is 7.89. The first-order valence-electron chi connectivity index (χ1n) is 9.50. The molecule has 2 aromatic rings. The van der Waals surface area contributed by atoms with Crippen molar-refractivity contribution < 1.29 is 18.0 Å². The Morgan fingerprint density at radius 1 is 1.13 bits per heavy atom. The van der Waals surface area contributed by atoms with Gasteiger partial charge in [0.25, 0.3) is 11.5 Å². The second-order valence-corrected chi connectivity index (χ2v) is 9.89. The van der Waals surface area contributed by atoms with Gasteiger partial charge >= 0.3 is 0 Å². The van der Waals surface area contributed by atoms with Crippen LogP contribution in [0.5, 0.6) is 0 Å². The van der Waals surface area contributed by atoms with Crippen LogP contribution in [0.3, 0.4) is 0 Å². The van der Waals surface area contributed by atoms with E-state index >= 15 is 0 Å². The van der Waals surface area contributed by atoms with Crippen LogP contribution < -0.4 is 16.6 Å². The van der Waals surface area contributed by atoms with Crippen molar-refractivity contribution in [2.45, 2.75) is 37.6 Å². The summed E-state index contributed by atoms with van der Waals surface area (Å²) in [4.78, 5) is 36.3. The minimum Gasteiger partial charge on any atom is -0.368 e. The molecular formula is C20H24N4O5S. The van der Waals surface area contributed by atoms with Crippen molar-refractivity contribution in [2.24, 2.45) is 5.73 Å². The molecule has 30 heavy (non-hydrogen) atoms. The number of amides is 2. The molecule has 2 heterocycles.